The molecule has 2 aliphatic heterocycles. The Hall–Kier alpha value is -0.900. The molecular weight excluding hydrogens is 437 g/mol. The zero-order valence-corrected chi connectivity index (χ0v) is 18.8. The summed E-state index contributed by atoms with van der Waals surface area (Å²) in [6, 6.07) is 4.93. The lowest BCUT2D eigenvalue weighted by molar-refractivity contribution is -0.131. The van der Waals surface area contributed by atoms with Crippen LogP contribution in [0.3, 0.4) is 0 Å². The minimum Gasteiger partial charge on any atom is -0.381 e. The zero-order valence-electron chi connectivity index (χ0n) is 16.4. The van der Waals surface area contributed by atoms with Crippen molar-refractivity contribution < 1.29 is 17.9 Å². The number of ether oxygens (including phenoxy) is 1. The maximum atomic E-state index is 12.5. The summed E-state index contributed by atoms with van der Waals surface area (Å²) in [7, 11) is -2.21. The number of sulfonamides is 1. The average Bonchev–Trinajstić information content (AvgIpc) is 2.72. The number of nitrogens with zero attached hydrogens (tertiary/aromatic N) is 2. The second-order valence-corrected chi connectivity index (χ2v) is 9.98. The van der Waals surface area contributed by atoms with E-state index in [1.54, 1.807) is 18.1 Å². The molecule has 7 nitrogen and oxygen atoms in total. The first-order chi connectivity index (χ1) is 13.8. The average molecular weight is 464 g/mol. The van der Waals surface area contributed by atoms with Gasteiger partial charge in [-0.05, 0) is 37.8 Å². The van der Waals surface area contributed by atoms with Crippen LogP contribution in [0.1, 0.15) is 25.7 Å². The Morgan fingerprint density at radius 2 is 1.69 bits per heavy atom. The van der Waals surface area contributed by atoms with E-state index >= 15 is 0 Å². The first-order valence-corrected chi connectivity index (χ1v) is 12.0. The van der Waals surface area contributed by atoms with E-state index in [4.69, 9.17) is 27.9 Å². The van der Waals surface area contributed by atoms with Crippen LogP contribution in [0.25, 0.3) is 0 Å². The second kappa shape index (κ2) is 9.94. The number of nitrogens with one attached hydrogen (secondary N) is 1. The minimum atomic E-state index is -3.97. The molecule has 3 rings (SSSR count). The number of hydrogen-bond donors (Lipinski definition) is 1. The molecule has 10 heteroatoms. The number of rotatable bonds is 6. The molecule has 0 bridgehead atoms. The molecule has 1 aromatic carbocycles. The van der Waals surface area contributed by atoms with Gasteiger partial charge in [-0.3, -0.25) is 4.79 Å². The lowest BCUT2D eigenvalue weighted by Gasteiger charge is -2.41. The number of benzene rings is 1. The van der Waals surface area contributed by atoms with E-state index in [2.05, 4.69) is 9.62 Å². The van der Waals surface area contributed by atoms with E-state index in [1.165, 1.54) is 12.1 Å². The van der Waals surface area contributed by atoms with E-state index in [0.717, 1.165) is 38.8 Å². The Kier molecular flexibility index (Phi) is 7.81. The number of amides is 1. The molecule has 1 aromatic rings. The maximum Gasteiger partial charge on any atom is 0.244 e. The molecular formula is C19H27Cl2N3O4S. The monoisotopic (exact) mass is 463 g/mol. The summed E-state index contributed by atoms with van der Waals surface area (Å²) in [5.74, 6) is -0.242. The van der Waals surface area contributed by atoms with Crippen molar-refractivity contribution in [3.05, 3.63) is 28.2 Å². The van der Waals surface area contributed by atoms with Crippen LogP contribution in [-0.4, -0.2) is 76.1 Å². The highest BCUT2D eigenvalue weighted by Gasteiger charge is 2.30. The fourth-order valence-corrected chi connectivity index (χ4v) is 6.15. The van der Waals surface area contributed by atoms with Crippen LogP contribution in [0, 0.1) is 0 Å². The minimum absolute atomic E-state index is 0.0236. The summed E-state index contributed by atoms with van der Waals surface area (Å²) < 4.78 is 32.8. The molecule has 1 N–H and O–H groups in total. The molecule has 2 fully saturated rings. The van der Waals surface area contributed by atoms with Gasteiger partial charge in [0.25, 0.3) is 0 Å². The zero-order chi connectivity index (χ0) is 21.0. The van der Waals surface area contributed by atoms with Crippen LogP contribution in [0.2, 0.25) is 10.0 Å². The number of piperidine rings is 2. The van der Waals surface area contributed by atoms with Crippen LogP contribution >= 0.6 is 23.2 Å². The number of carbonyl (C=O) groups excluding carboxylic acids is 1. The lowest BCUT2D eigenvalue weighted by Crippen LogP contribution is -2.51. The summed E-state index contributed by atoms with van der Waals surface area (Å²) in [4.78, 5) is 16.5. The van der Waals surface area contributed by atoms with Crippen LogP contribution in [0.5, 0.6) is 0 Å². The van der Waals surface area contributed by atoms with Crippen molar-refractivity contribution in [3.63, 3.8) is 0 Å². The number of hydrogen-bond acceptors (Lipinski definition) is 5. The molecule has 29 heavy (non-hydrogen) atoms. The van der Waals surface area contributed by atoms with E-state index in [1.807, 2.05) is 0 Å². The van der Waals surface area contributed by atoms with Crippen molar-refractivity contribution >= 4 is 39.1 Å². The van der Waals surface area contributed by atoms with Gasteiger partial charge in [-0.15, -0.1) is 0 Å². The highest BCUT2D eigenvalue weighted by molar-refractivity contribution is 7.89. The Bertz CT molecular complexity index is 800. The standard InChI is InChI=1S/C19H27Cl2N3O4S/c1-28-15-7-11-23(12-8-15)14-5-9-24(10-6-14)18(25)13-22-29(26,27)19-16(20)3-2-4-17(19)21/h2-4,14-15,22H,5-13H2,1H3. The van der Waals surface area contributed by atoms with E-state index in [-0.39, 0.29) is 27.4 Å². The third kappa shape index (κ3) is 5.62. The van der Waals surface area contributed by atoms with Gasteiger partial charge in [0.05, 0.1) is 22.7 Å². The first kappa shape index (κ1) is 22.8. The van der Waals surface area contributed by atoms with E-state index in [0.29, 0.717) is 25.2 Å². The molecule has 0 aliphatic carbocycles. The molecule has 2 saturated heterocycles. The van der Waals surface area contributed by atoms with Crippen LogP contribution in [0.15, 0.2) is 23.1 Å². The molecule has 2 heterocycles. The normalized spacial score (nSPS) is 20.2. The Balaban J connectivity index is 1.49. The highest BCUT2D eigenvalue weighted by atomic mass is 35.5. The largest absolute Gasteiger partial charge is 0.381 e. The molecule has 0 aromatic heterocycles. The molecule has 1 amide bonds. The van der Waals surface area contributed by atoms with Gasteiger partial charge in [0.2, 0.25) is 15.9 Å². The number of methoxy groups -OCH3 is 1. The molecule has 0 saturated carbocycles. The molecule has 0 unspecified atom stereocenters. The molecule has 0 radical (unpaired) electrons. The number of carbonyl (C=O) groups is 1. The van der Waals surface area contributed by atoms with E-state index < -0.39 is 10.0 Å². The topological polar surface area (TPSA) is 79.0 Å². The third-order valence-corrected chi connectivity index (χ3v) is 8.10. The Morgan fingerprint density at radius 3 is 2.24 bits per heavy atom. The van der Waals surface area contributed by atoms with Crippen molar-refractivity contribution in [3.8, 4) is 0 Å². The smallest absolute Gasteiger partial charge is 0.244 e. The van der Waals surface area contributed by atoms with Gasteiger partial charge in [0, 0.05) is 39.3 Å². The fraction of sp³-hybridized carbons (Fsp3) is 0.632. The Labute approximate surface area is 182 Å². The van der Waals surface area contributed by atoms with Gasteiger partial charge in [0.15, 0.2) is 0 Å². The van der Waals surface area contributed by atoms with Gasteiger partial charge >= 0.3 is 0 Å². The predicted molar refractivity (Wildman–Crippen MR) is 113 cm³/mol. The van der Waals surface area contributed by atoms with Crippen LogP contribution in [-0.2, 0) is 19.6 Å². The highest BCUT2D eigenvalue weighted by Crippen LogP contribution is 2.28. The summed E-state index contributed by atoms with van der Waals surface area (Å²) >= 11 is 11.9. The van der Waals surface area contributed by atoms with Crippen molar-refractivity contribution in [2.75, 3.05) is 39.8 Å². The van der Waals surface area contributed by atoms with Crippen LogP contribution in [0.4, 0.5) is 0 Å². The third-order valence-electron chi connectivity index (χ3n) is 5.74. The second-order valence-electron chi connectivity index (χ2n) is 7.46. The van der Waals surface area contributed by atoms with Gasteiger partial charge in [-0.2, -0.15) is 0 Å². The van der Waals surface area contributed by atoms with Crippen molar-refractivity contribution in [2.24, 2.45) is 0 Å². The van der Waals surface area contributed by atoms with Gasteiger partial charge in [0.1, 0.15) is 4.90 Å². The quantitative estimate of drug-likeness (QED) is 0.700. The first-order valence-electron chi connectivity index (χ1n) is 9.80. The summed E-state index contributed by atoms with van der Waals surface area (Å²) in [5, 5.41) is 0.0472. The van der Waals surface area contributed by atoms with E-state index in [9.17, 15) is 13.2 Å². The fourth-order valence-electron chi connectivity index (χ4n) is 4.04. The summed E-state index contributed by atoms with van der Waals surface area (Å²) in [5.41, 5.74) is 0. The number of likely N-dealkylation sites (tertiary alicyclic amines) is 2. The molecule has 0 spiro atoms. The van der Waals surface area contributed by atoms with Gasteiger partial charge in [-0.25, -0.2) is 13.1 Å². The predicted octanol–water partition coefficient (Wildman–Crippen LogP) is 2.37. The molecule has 162 valence electrons. The number of halogens is 2. The Morgan fingerprint density at radius 1 is 1.10 bits per heavy atom. The summed E-state index contributed by atoms with van der Waals surface area (Å²) in [6.07, 6.45) is 4.23. The maximum absolute atomic E-state index is 12.5. The molecule has 2 aliphatic rings. The SMILES string of the molecule is COC1CCN(C2CCN(C(=O)CNS(=O)(=O)c3c(Cl)cccc3Cl)CC2)CC1. The van der Waals surface area contributed by atoms with Crippen molar-refractivity contribution in [1.82, 2.24) is 14.5 Å². The summed E-state index contributed by atoms with van der Waals surface area (Å²) in [6.45, 7) is 2.99. The van der Waals surface area contributed by atoms with Gasteiger partial charge in [-0.1, -0.05) is 29.3 Å². The van der Waals surface area contributed by atoms with Crippen LogP contribution < -0.4 is 4.72 Å². The van der Waals surface area contributed by atoms with Crippen molar-refractivity contribution in [1.29, 1.82) is 0 Å². The van der Waals surface area contributed by atoms with Gasteiger partial charge < -0.3 is 14.5 Å². The lowest BCUT2D eigenvalue weighted by atomic mass is 9.99. The molecule has 0 atom stereocenters. The van der Waals surface area contributed by atoms with Crippen molar-refractivity contribution in [2.45, 2.75) is 42.7 Å².